The summed E-state index contributed by atoms with van der Waals surface area (Å²) in [7, 11) is -2.53. The van der Waals surface area contributed by atoms with Gasteiger partial charge in [-0.05, 0) is 12.1 Å². The third-order valence-electron chi connectivity index (χ3n) is 2.54. The summed E-state index contributed by atoms with van der Waals surface area (Å²) < 4.78 is 62.6. The average Bonchev–Trinajstić information content (AvgIpc) is 2.88. The molecule has 2 aromatic rings. The van der Waals surface area contributed by atoms with Crippen LogP contribution < -0.4 is 0 Å². The maximum Gasteiger partial charge on any atom is 0.434 e. The highest BCUT2D eigenvalue weighted by atomic mass is 32.2. The van der Waals surface area contributed by atoms with E-state index in [2.05, 4.69) is 9.97 Å². The van der Waals surface area contributed by atoms with Crippen LogP contribution in [0.1, 0.15) is 10.7 Å². The molecular formula is C11H10F3N3O2S2. The van der Waals surface area contributed by atoms with Crippen LogP contribution in [0.5, 0.6) is 0 Å². The molecule has 0 aliphatic carbocycles. The molecular weight excluding hydrogens is 327 g/mol. The minimum atomic E-state index is -4.53. The molecule has 0 fully saturated rings. The quantitative estimate of drug-likeness (QED) is 0.859. The summed E-state index contributed by atoms with van der Waals surface area (Å²) in [6.07, 6.45) is -1.93. The molecule has 5 nitrogen and oxygen atoms in total. The van der Waals surface area contributed by atoms with Crippen molar-refractivity contribution in [2.24, 2.45) is 0 Å². The number of alkyl halides is 3. The molecule has 2 rings (SSSR count). The summed E-state index contributed by atoms with van der Waals surface area (Å²) in [6, 6.07) is 2.83. The molecule has 0 amide bonds. The normalized spacial score (nSPS) is 12.8. The van der Waals surface area contributed by atoms with Crippen molar-refractivity contribution in [2.45, 2.75) is 17.6 Å². The van der Waals surface area contributed by atoms with Crippen molar-refractivity contribution in [3.63, 3.8) is 0 Å². The molecule has 2 heterocycles. The smallest absolute Gasteiger partial charge is 0.263 e. The standard InChI is InChI=1S/C11H10F3N3O2S2/c1-17(21(18,19)8-3-2-4-15-5-8)6-10-16-9(7-20-10)11(12,13)14/h2-5,7H,6H2,1H3. The van der Waals surface area contributed by atoms with Gasteiger partial charge in [-0.1, -0.05) is 0 Å². The zero-order valence-corrected chi connectivity index (χ0v) is 12.3. The third-order valence-corrected chi connectivity index (χ3v) is 5.16. The Bertz CT molecular complexity index is 714. The van der Waals surface area contributed by atoms with Crippen LogP contribution in [0.4, 0.5) is 13.2 Å². The van der Waals surface area contributed by atoms with E-state index in [9.17, 15) is 21.6 Å². The molecule has 10 heteroatoms. The van der Waals surface area contributed by atoms with Crippen LogP contribution in [0.3, 0.4) is 0 Å². The lowest BCUT2D eigenvalue weighted by atomic mass is 10.5. The van der Waals surface area contributed by atoms with Crippen LogP contribution in [-0.4, -0.2) is 29.7 Å². The molecule has 0 saturated carbocycles. The highest BCUT2D eigenvalue weighted by Crippen LogP contribution is 2.30. The van der Waals surface area contributed by atoms with Gasteiger partial charge in [0.05, 0.1) is 6.54 Å². The Labute approximate surface area is 123 Å². The minimum absolute atomic E-state index is 0.0277. The molecule has 0 spiro atoms. The van der Waals surface area contributed by atoms with Gasteiger partial charge in [0.2, 0.25) is 10.0 Å². The highest BCUT2D eigenvalue weighted by Gasteiger charge is 2.34. The molecule has 0 aromatic carbocycles. The summed E-state index contributed by atoms with van der Waals surface area (Å²) in [6.45, 7) is -0.238. The molecule has 2 aromatic heterocycles. The molecule has 0 saturated heterocycles. The van der Waals surface area contributed by atoms with E-state index < -0.39 is 21.9 Å². The Morgan fingerprint density at radius 1 is 1.38 bits per heavy atom. The summed E-state index contributed by atoms with van der Waals surface area (Å²) >= 11 is 0.763. The van der Waals surface area contributed by atoms with E-state index in [0.717, 1.165) is 21.0 Å². The summed E-state index contributed by atoms with van der Waals surface area (Å²) in [5.41, 5.74) is -1.02. The molecule has 0 bridgehead atoms. The summed E-state index contributed by atoms with van der Waals surface area (Å²) in [5.74, 6) is 0. The second kappa shape index (κ2) is 5.70. The van der Waals surface area contributed by atoms with Crippen LogP contribution in [0.15, 0.2) is 34.8 Å². The van der Waals surface area contributed by atoms with Crippen molar-refractivity contribution in [2.75, 3.05) is 7.05 Å². The Morgan fingerprint density at radius 3 is 2.62 bits per heavy atom. The van der Waals surface area contributed by atoms with Crippen LogP contribution >= 0.6 is 11.3 Å². The topological polar surface area (TPSA) is 63.2 Å². The molecule has 0 N–H and O–H groups in total. The lowest BCUT2D eigenvalue weighted by Crippen LogP contribution is -2.26. The predicted molar refractivity (Wildman–Crippen MR) is 70.0 cm³/mol. The number of sulfonamides is 1. The van der Waals surface area contributed by atoms with Gasteiger partial charge in [-0.3, -0.25) is 4.98 Å². The van der Waals surface area contributed by atoms with E-state index in [1.54, 1.807) is 0 Å². The summed E-state index contributed by atoms with van der Waals surface area (Å²) in [5, 5.41) is 0.928. The van der Waals surface area contributed by atoms with Gasteiger partial charge >= 0.3 is 6.18 Å². The first kappa shape index (κ1) is 15.9. The monoisotopic (exact) mass is 337 g/mol. The van der Waals surface area contributed by atoms with Crippen molar-refractivity contribution >= 4 is 21.4 Å². The fourth-order valence-electron chi connectivity index (χ4n) is 1.47. The van der Waals surface area contributed by atoms with E-state index >= 15 is 0 Å². The third kappa shape index (κ3) is 3.57. The lowest BCUT2D eigenvalue weighted by molar-refractivity contribution is -0.140. The van der Waals surface area contributed by atoms with Gasteiger partial charge in [0.1, 0.15) is 9.90 Å². The van der Waals surface area contributed by atoms with Gasteiger partial charge in [-0.25, -0.2) is 13.4 Å². The Hall–Kier alpha value is -1.52. The molecule has 114 valence electrons. The van der Waals surface area contributed by atoms with Crippen molar-refractivity contribution in [3.05, 3.63) is 40.6 Å². The first-order valence-electron chi connectivity index (χ1n) is 5.59. The predicted octanol–water partition coefficient (Wildman–Crippen LogP) is 2.38. The van der Waals surface area contributed by atoms with E-state index in [4.69, 9.17) is 0 Å². The number of hydrogen-bond acceptors (Lipinski definition) is 5. The van der Waals surface area contributed by atoms with E-state index in [1.807, 2.05) is 0 Å². The zero-order valence-electron chi connectivity index (χ0n) is 10.7. The summed E-state index contributed by atoms with van der Waals surface area (Å²) in [4.78, 5) is 7.08. The Morgan fingerprint density at radius 2 is 2.10 bits per heavy atom. The number of nitrogens with zero attached hydrogens (tertiary/aromatic N) is 3. The number of hydrogen-bond donors (Lipinski definition) is 0. The number of thiazole rings is 1. The van der Waals surface area contributed by atoms with Gasteiger partial charge in [0.25, 0.3) is 0 Å². The second-order valence-electron chi connectivity index (χ2n) is 4.07. The van der Waals surface area contributed by atoms with Crippen LogP contribution in [-0.2, 0) is 22.7 Å². The minimum Gasteiger partial charge on any atom is -0.263 e. The largest absolute Gasteiger partial charge is 0.434 e. The van der Waals surface area contributed by atoms with Crippen LogP contribution in [0.2, 0.25) is 0 Å². The Kier molecular flexibility index (Phi) is 4.30. The van der Waals surface area contributed by atoms with Gasteiger partial charge in [-0.15, -0.1) is 11.3 Å². The molecule has 0 radical (unpaired) electrons. The van der Waals surface area contributed by atoms with Crippen LogP contribution in [0.25, 0.3) is 0 Å². The molecule has 0 unspecified atom stereocenters. The SMILES string of the molecule is CN(Cc1nc(C(F)(F)F)cs1)S(=O)(=O)c1cccnc1. The van der Waals surface area contributed by atoms with Crippen molar-refractivity contribution in [1.82, 2.24) is 14.3 Å². The van der Waals surface area contributed by atoms with E-state index in [1.165, 1.54) is 31.6 Å². The fraction of sp³-hybridized carbons (Fsp3) is 0.273. The molecule has 0 atom stereocenters. The first-order chi connectivity index (χ1) is 9.71. The molecule has 0 aliphatic rings. The maximum atomic E-state index is 12.4. The van der Waals surface area contributed by atoms with E-state index in [0.29, 0.717) is 0 Å². The van der Waals surface area contributed by atoms with E-state index in [-0.39, 0.29) is 16.4 Å². The molecule has 0 aliphatic heterocycles. The second-order valence-corrected chi connectivity index (χ2v) is 7.06. The molecule has 21 heavy (non-hydrogen) atoms. The van der Waals surface area contributed by atoms with Crippen LogP contribution in [0, 0.1) is 0 Å². The number of halogens is 3. The average molecular weight is 337 g/mol. The maximum absolute atomic E-state index is 12.4. The highest BCUT2D eigenvalue weighted by molar-refractivity contribution is 7.89. The number of pyridine rings is 1. The van der Waals surface area contributed by atoms with Gasteiger partial charge in [0, 0.05) is 24.8 Å². The number of rotatable bonds is 4. The van der Waals surface area contributed by atoms with Crippen molar-refractivity contribution < 1.29 is 21.6 Å². The lowest BCUT2D eigenvalue weighted by Gasteiger charge is -2.15. The Balaban J connectivity index is 2.18. The number of aromatic nitrogens is 2. The van der Waals surface area contributed by atoms with Gasteiger partial charge in [-0.2, -0.15) is 17.5 Å². The van der Waals surface area contributed by atoms with Crippen molar-refractivity contribution in [3.8, 4) is 0 Å². The first-order valence-corrected chi connectivity index (χ1v) is 7.91. The van der Waals surface area contributed by atoms with Gasteiger partial charge < -0.3 is 0 Å². The fourth-order valence-corrected chi connectivity index (χ4v) is 3.50. The van der Waals surface area contributed by atoms with Gasteiger partial charge in [0.15, 0.2) is 5.69 Å². The zero-order chi connectivity index (χ0) is 15.7. The van der Waals surface area contributed by atoms with Crippen molar-refractivity contribution in [1.29, 1.82) is 0 Å².